The second kappa shape index (κ2) is 15.9. The van der Waals surface area contributed by atoms with Crippen LogP contribution >= 0.6 is 0 Å². The van der Waals surface area contributed by atoms with Crippen molar-refractivity contribution in [2.75, 3.05) is 40.3 Å². The molecule has 2 rings (SSSR count). The Labute approximate surface area is 221 Å². The second-order valence-corrected chi connectivity index (χ2v) is 9.46. The van der Waals surface area contributed by atoms with E-state index in [9.17, 15) is 19.2 Å². The fourth-order valence-corrected chi connectivity index (χ4v) is 4.33. The van der Waals surface area contributed by atoms with Crippen LogP contribution in [0.4, 0.5) is 0 Å². The van der Waals surface area contributed by atoms with Crippen LogP contribution in [0, 0.1) is 23.7 Å². The number of amides is 4. The molecule has 2 saturated heterocycles. The highest BCUT2D eigenvalue weighted by Gasteiger charge is 2.29. The number of hydrogen-bond acceptors (Lipinski definition) is 6. The fourth-order valence-electron chi connectivity index (χ4n) is 4.33. The first-order valence-corrected chi connectivity index (χ1v) is 13.3. The minimum atomic E-state index is -0.744. The molecule has 0 spiro atoms. The highest BCUT2D eigenvalue weighted by atomic mass is 16.2. The number of hydrogen-bond donors (Lipinski definition) is 4. The molecule has 0 unspecified atom stereocenters. The van der Waals surface area contributed by atoms with Crippen molar-refractivity contribution in [3.05, 3.63) is 0 Å². The summed E-state index contributed by atoms with van der Waals surface area (Å²) < 4.78 is 0. The van der Waals surface area contributed by atoms with Crippen LogP contribution in [-0.2, 0) is 19.2 Å². The number of likely N-dealkylation sites (N-methyl/N-ethyl adjacent to an activating group) is 2. The van der Waals surface area contributed by atoms with E-state index in [1.807, 2.05) is 6.92 Å². The van der Waals surface area contributed by atoms with Crippen LogP contribution in [0.25, 0.3) is 0 Å². The first-order valence-electron chi connectivity index (χ1n) is 13.3. The molecule has 2 aliphatic rings. The number of carbonyl (C=O) groups excluding carboxylic acids is 4. The van der Waals surface area contributed by atoms with Crippen LogP contribution in [0.3, 0.4) is 0 Å². The minimum Gasteiger partial charge on any atom is -0.342 e. The summed E-state index contributed by atoms with van der Waals surface area (Å²) in [6.45, 7) is 6.37. The summed E-state index contributed by atoms with van der Waals surface area (Å²) in [6, 6.07) is -2.30. The van der Waals surface area contributed by atoms with E-state index in [4.69, 9.17) is 0 Å². The van der Waals surface area contributed by atoms with Crippen molar-refractivity contribution in [3.8, 4) is 23.7 Å². The zero-order chi connectivity index (χ0) is 27.2. The zero-order valence-corrected chi connectivity index (χ0v) is 22.6. The Kier molecular flexibility index (Phi) is 13.0. The first-order chi connectivity index (χ1) is 17.8. The third kappa shape index (κ3) is 9.38. The van der Waals surface area contributed by atoms with E-state index in [0.717, 1.165) is 25.7 Å². The molecule has 4 amide bonds. The number of nitrogens with one attached hydrogen (secondary N) is 4. The lowest BCUT2D eigenvalue weighted by molar-refractivity contribution is -0.136. The van der Waals surface area contributed by atoms with Gasteiger partial charge in [0.2, 0.25) is 23.6 Å². The highest BCUT2D eigenvalue weighted by molar-refractivity contribution is 5.90. The Morgan fingerprint density at radius 1 is 0.703 bits per heavy atom. The van der Waals surface area contributed by atoms with E-state index >= 15 is 0 Å². The number of nitrogens with zero attached hydrogens (tertiary/aromatic N) is 2. The molecule has 0 aromatic carbocycles. The van der Waals surface area contributed by atoms with Gasteiger partial charge in [0.1, 0.15) is 12.1 Å². The minimum absolute atomic E-state index is 0.128. The molecule has 0 radical (unpaired) electrons. The van der Waals surface area contributed by atoms with Gasteiger partial charge in [0.05, 0.1) is 12.1 Å². The SMILES string of the molecule is CC[C@H](NC)C(=O)N[C@@H](CC#CC#CC[C@H](NC(=O)[C@H](C)NC)C(=O)N1CCCC1)C(=O)N1CCCC1. The lowest BCUT2D eigenvalue weighted by atomic mass is 10.1. The Morgan fingerprint density at radius 3 is 1.51 bits per heavy atom. The third-order valence-corrected chi connectivity index (χ3v) is 6.82. The Bertz CT molecular complexity index is 915. The van der Waals surface area contributed by atoms with Crippen LogP contribution in [0.5, 0.6) is 0 Å². The molecule has 10 heteroatoms. The molecule has 10 nitrogen and oxygen atoms in total. The van der Waals surface area contributed by atoms with Crippen molar-refractivity contribution in [2.45, 2.75) is 83.0 Å². The van der Waals surface area contributed by atoms with Crippen molar-refractivity contribution >= 4 is 23.6 Å². The first kappa shape index (κ1) is 30.1. The van der Waals surface area contributed by atoms with Crippen LogP contribution in [0.1, 0.15) is 58.8 Å². The molecule has 0 aromatic heterocycles. The Hall–Kier alpha value is -3.08. The molecule has 2 aliphatic heterocycles. The van der Waals surface area contributed by atoms with Gasteiger partial charge in [0.25, 0.3) is 0 Å². The van der Waals surface area contributed by atoms with E-state index in [1.54, 1.807) is 30.8 Å². The maximum absolute atomic E-state index is 13.0. The summed E-state index contributed by atoms with van der Waals surface area (Å²) in [4.78, 5) is 54.4. The lowest BCUT2D eigenvalue weighted by Gasteiger charge is -2.24. The lowest BCUT2D eigenvalue weighted by Crippen LogP contribution is -2.52. The highest BCUT2D eigenvalue weighted by Crippen LogP contribution is 2.12. The second-order valence-electron chi connectivity index (χ2n) is 9.46. The molecule has 2 fully saturated rings. The summed E-state index contributed by atoms with van der Waals surface area (Å²) in [5.41, 5.74) is 0. The molecule has 0 saturated carbocycles. The molecule has 0 bridgehead atoms. The topological polar surface area (TPSA) is 123 Å². The van der Waals surface area contributed by atoms with E-state index in [2.05, 4.69) is 44.9 Å². The third-order valence-electron chi connectivity index (χ3n) is 6.82. The summed E-state index contributed by atoms with van der Waals surface area (Å²) in [7, 11) is 3.40. The monoisotopic (exact) mass is 514 g/mol. The van der Waals surface area contributed by atoms with Crippen molar-refractivity contribution < 1.29 is 19.2 Å². The van der Waals surface area contributed by atoms with Gasteiger partial charge in [-0.3, -0.25) is 19.2 Å². The average Bonchev–Trinajstić information content (AvgIpc) is 3.63. The van der Waals surface area contributed by atoms with Crippen molar-refractivity contribution in [1.82, 2.24) is 31.1 Å². The summed E-state index contributed by atoms with van der Waals surface area (Å²) in [5.74, 6) is 10.5. The van der Waals surface area contributed by atoms with Gasteiger partial charge in [0, 0.05) is 39.0 Å². The molecular weight excluding hydrogens is 472 g/mol. The van der Waals surface area contributed by atoms with Crippen molar-refractivity contribution in [2.24, 2.45) is 0 Å². The maximum atomic E-state index is 13.0. The molecule has 0 aromatic rings. The number of carbonyl (C=O) groups is 4. The van der Waals surface area contributed by atoms with E-state index < -0.39 is 18.1 Å². The zero-order valence-electron chi connectivity index (χ0n) is 22.6. The largest absolute Gasteiger partial charge is 0.342 e. The van der Waals surface area contributed by atoms with Gasteiger partial charge in [-0.05, 0) is 65.0 Å². The average molecular weight is 515 g/mol. The van der Waals surface area contributed by atoms with Crippen LogP contribution in [-0.4, -0.2) is 97.9 Å². The molecular formula is C27H42N6O4. The van der Waals surface area contributed by atoms with Crippen LogP contribution < -0.4 is 21.3 Å². The van der Waals surface area contributed by atoms with Gasteiger partial charge in [-0.25, -0.2) is 0 Å². The molecule has 2 heterocycles. The summed E-state index contributed by atoms with van der Waals surface area (Å²) >= 11 is 0. The van der Waals surface area contributed by atoms with Gasteiger partial charge in [-0.2, -0.15) is 0 Å². The quantitative estimate of drug-likeness (QED) is 0.278. The van der Waals surface area contributed by atoms with Gasteiger partial charge >= 0.3 is 0 Å². The van der Waals surface area contributed by atoms with E-state index in [1.165, 1.54) is 0 Å². The predicted octanol–water partition coefficient (Wildman–Crippen LogP) is -0.406. The van der Waals surface area contributed by atoms with Crippen molar-refractivity contribution in [1.29, 1.82) is 0 Å². The summed E-state index contributed by atoms with van der Waals surface area (Å²) in [5, 5.41) is 11.5. The van der Waals surface area contributed by atoms with Crippen LogP contribution in [0.15, 0.2) is 0 Å². The van der Waals surface area contributed by atoms with Gasteiger partial charge in [-0.1, -0.05) is 18.8 Å². The van der Waals surface area contributed by atoms with Gasteiger partial charge in [-0.15, -0.1) is 0 Å². The molecule has 0 aliphatic carbocycles. The van der Waals surface area contributed by atoms with E-state index in [0.29, 0.717) is 32.6 Å². The van der Waals surface area contributed by atoms with Crippen LogP contribution in [0.2, 0.25) is 0 Å². The Morgan fingerprint density at radius 2 is 1.14 bits per heavy atom. The van der Waals surface area contributed by atoms with Crippen molar-refractivity contribution in [3.63, 3.8) is 0 Å². The summed E-state index contributed by atoms with van der Waals surface area (Å²) in [6.07, 6.45) is 4.71. The number of likely N-dealkylation sites (tertiary alicyclic amines) is 2. The fraction of sp³-hybridized carbons (Fsp3) is 0.704. The van der Waals surface area contributed by atoms with E-state index in [-0.39, 0.29) is 42.5 Å². The Balaban J connectivity index is 2.05. The van der Waals surface area contributed by atoms with Gasteiger partial charge < -0.3 is 31.1 Å². The normalized spacial score (nSPS) is 17.9. The molecule has 204 valence electrons. The predicted molar refractivity (Wildman–Crippen MR) is 142 cm³/mol. The molecule has 4 atom stereocenters. The standard InChI is InChI=1S/C27H42N6O4/c1-5-21(29-4)25(35)31-23(27(37)33-18-12-13-19-33)15-9-7-6-8-14-22(30-24(34)20(2)28-3)26(36)32-16-10-11-17-32/h20-23,28-29H,5,10-19H2,1-4H3,(H,30,34)(H,31,35)/t20-,21-,22-,23-/m0/s1. The smallest absolute Gasteiger partial charge is 0.246 e. The van der Waals surface area contributed by atoms with Gasteiger partial charge in [0.15, 0.2) is 0 Å². The molecule has 37 heavy (non-hydrogen) atoms. The number of rotatable bonds is 11. The molecule has 4 N–H and O–H groups in total. The maximum Gasteiger partial charge on any atom is 0.246 e.